The van der Waals surface area contributed by atoms with Crippen molar-refractivity contribution in [3.8, 4) is 0 Å². The number of aliphatic hydroxyl groups is 2. The first-order chi connectivity index (χ1) is 12.7. The summed E-state index contributed by atoms with van der Waals surface area (Å²) in [7, 11) is 0. The second-order valence-electron chi connectivity index (χ2n) is 6.86. The molecule has 4 rings (SSSR count). The Morgan fingerprint density at radius 2 is 1.92 bits per heavy atom. The molecular weight excluding hydrogens is 348 g/mol. The van der Waals surface area contributed by atoms with Gasteiger partial charge in [0.1, 0.15) is 0 Å². The van der Waals surface area contributed by atoms with E-state index in [0.717, 1.165) is 22.0 Å². The molecule has 0 radical (unpaired) electrons. The Morgan fingerprint density at radius 3 is 2.69 bits per heavy atom. The summed E-state index contributed by atoms with van der Waals surface area (Å²) in [6.07, 6.45) is 1.18. The van der Waals surface area contributed by atoms with Crippen LogP contribution >= 0.6 is 11.6 Å². The van der Waals surface area contributed by atoms with Gasteiger partial charge in [-0.3, -0.25) is 9.88 Å². The van der Waals surface area contributed by atoms with E-state index in [1.807, 2.05) is 42.5 Å². The topological polar surface area (TPSA) is 56.6 Å². The number of pyridine rings is 1. The van der Waals surface area contributed by atoms with Crippen molar-refractivity contribution in [2.75, 3.05) is 13.2 Å². The molecule has 0 saturated carbocycles. The molecule has 3 aromatic rings. The van der Waals surface area contributed by atoms with E-state index >= 15 is 0 Å². The maximum Gasteiger partial charge on any atom is 0.0798 e. The monoisotopic (exact) mass is 368 g/mol. The van der Waals surface area contributed by atoms with Crippen LogP contribution in [0.3, 0.4) is 0 Å². The summed E-state index contributed by atoms with van der Waals surface area (Å²) in [5, 5.41) is 22.4. The first-order valence-electron chi connectivity index (χ1n) is 8.78. The van der Waals surface area contributed by atoms with Gasteiger partial charge in [-0.15, -0.1) is 0 Å². The number of halogens is 1. The molecule has 1 aromatic heterocycles. The number of aliphatic hydroxyl groups excluding tert-OH is 2. The molecule has 1 aliphatic heterocycles. The number of likely N-dealkylation sites (tertiary alicyclic amines) is 1. The molecule has 0 bridgehead atoms. The summed E-state index contributed by atoms with van der Waals surface area (Å²) in [6, 6.07) is 17.5. The number of hydrogen-bond donors (Lipinski definition) is 2. The van der Waals surface area contributed by atoms with E-state index in [9.17, 15) is 10.2 Å². The molecule has 1 fully saturated rings. The van der Waals surface area contributed by atoms with Crippen molar-refractivity contribution in [2.45, 2.75) is 24.6 Å². The van der Waals surface area contributed by atoms with Crippen LogP contribution in [0.15, 0.2) is 60.8 Å². The molecular formula is C21H21ClN2O2. The minimum Gasteiger partial charge on any atom is -0.395 e. The second kappa shape index (κ2) is 7.33. The molecule has 0 aliphatic carbocycles. The van der Waals surface area contributed by atoms with E-state index in [4.69, 9.17) is 11.6 Å². The summed E-state index contributed by atoms with van der Waals surface area (Å²) in [5.74, 6) is -0.0356. The molecule has 5 heteroatoms. The van der Waals surface area contributed by atoms with Crippen LogP contribution in [0.25, 0.3) is 10.9 Å². The molecule has 4 nitrogen and oxygen atoms in total. The first kappa shape index (κ1) is 17.4. The standard InChI is InChI=1S/C21H21ClN2O2/c22-17-6-4-15(5-7-17)18-12-24(20(13-25)21(18)26)11-14-3-8-19-16(10-14)2-1-9-23-19/h1-10,18,20-21,25-26H,11-13H2/t18-,20-,21-/m1/s1. The van der Waals surface area contributed by atoms with E-state index in [2.05, 4.69) is 22.0 Å². The highest BCUT2D eigenvalue weighted by Crippen LogP contribution is 2.34. The molecule has 1 saturated heterocycles. The molecule has 2 aromatic carbocycles. The van der Waals surface area contributed by atoms with Gasteiger partial charge in [-0.05, 0) is 41.5 Å². The van der Waals surface area contributed by atoms with Gasteiger partial charge in [-0.25, -0.2) is 0 Å². The lowest BCUT2D eigenvalue weighted by atomic mass is 9.94. The first-order valence-corrected chi connectivity index (χ1v) is 9.15. The predicted molar refractivity (Wildman–Crippen MR) is 103 cm³/mol. The van der Waals surface area contributed by atoms with Crippen molar-refractivity contribution in [3.63, 3.8) is 0 Å². The Kier molecular flexibility index (Phi) is 4.92. The Hall–Kier alpha value is -1.98. The normalized spacial score (nSPS) is 23.6. The number of fused-ring (bicyclic) bond motifs is 1. The third-order valence-corrected chi connectivity index (χ3v) is 5.50. The molecule has 134 valence electrons. The highest BCUT2D eigenvalue weighted by atomic mass is 35.5. The number of nitrogens with zero attached hydrogens (tertiary/aromatic N) is 2. The zero-order valence-corrected chi connectivity index (χ0v) is 15.0. The van der Waals surface area contributed by atoms with E-state index < -0.39 is 6.10 Å². The van der Waals surface area contributed by atoms with Gasteiger partial charge in [0.05, 0.1) is 24.3 Å². The maximum atomic E-state index is 10.7. The number of hydrogen-bond acceptors (Lipinski definition) is 4. The van der Waals surface area contributed by atoms with E-state index in [1.54, 1.807) is 6.20 Å². The minimum atomic E-state index is -0.608. The van der Waals surface area contributed by atoms with Crippen LogP contribution in [0.5, 0.6) is 0 Å². The summed E-state index contributed by atoms with van der Waals surface area (Å²) in [6.45, 7) is 1.30. The van der Waals surface area contributed by atoms with Crippen molar-refractivity contribution < 1.29 is 10.2 Å². The molecule has 26 heavy (non-hydrogen) atoms. The summed E-state index contributed by atoms with van der Waals surface area (Å²) < 4.78 is 0. The largest absolute Gasteiger partial charge is 0.395 e. The fourth-order valence-electron chi connectivity index (χ4n) is 3.86. The highest BCUT2D eigenvalue weighted by molar-refractivity contribution is 6.30. The summed E-state index contributed by atoms with van der Waals surface area (Å²) in [4.78, 5) is 6.51. The zero-order valence-electron chi connectivity index (χ0n) is 14.3. The smallest absolute Gasteiger partial charge is 0.0798 e. The maximum absolute atomic E-state index is 10.7. The van der Waals surface area contributed by atoms with Crippen LogP contribution in [0, 0.1) is 0 Å². The average Bonchev–Trinajstić information content (AvgIpc) is 2.97. The quantitative estimate of drug-likeness (QED) is 0.742. The van der Waals surface area contributed by atoms with Crippen molar-refractivity contribution in [3.05, 3.63) is 76.9 Å². The van der Waals surface area contributed by atoms with Crippen LogP contribution in [-0.2, 0) is 6.54 Å². The van der Waals surface area contributed by atoms with Crippen molar-refractivity contribution in [1.29, 1.82) is 0 Å². The van der Waals surface area contributed by atoms with Crippen molar-refractivity contribution in [1.82, 2.24) is 9.88 Å². The van der Waals surface area contributed by atoms with Crippen LogP contribution in [-0.4, -0.2) is 45.4 Å². The van der Waals surface area contributed by atoms with Gasteiger partial charge < -0.3 is 10.2 Å². The molecule has 3 atom stereocenters. The van der Waals surface area contributed by atoms with Crippen LogP contribution < -0.4 is 0 Å². The molecule has 0 spiro atoms. The fraction of sp³-hybridized carbons (Fsp3) is 0.286. The lowest BCUT2D eigenvalue weighted by Crippen LogP contribution is -2.38. The lowest BCUT2D eigenvalue weighted by Gasteiger charge is -2.24. The Bertz CT molecular complexity index is 900. The minimum absolute atomic E-state index is 0.0356. The van der Waals surface area contributed by atoms with Crippen molar-refractivity contribution >= 4 is 22.5 Å². The molecule has 2 heterocycles. The fourth-order valence-corrected chi connectivity index (χ4v) is 3.98. The third kappa shape index (κ3) is 3.33. The Balaban J connectivity index is 1.57. The molecule has 0 unspecified atom stereocenters. The van der Waals surface area contributed by atoms with Crippen molar-refractivity contribution in [2.24, 2.45) is 0 Å². The van der Waals surface area contributed by atoms with E-state index in [1.165, 1.54) is 0 Å². The van der Waals surface area contributed by atoms with Crippen LogP contribution in [0.1, 0.15) is 17.0 Å². The molecule has 2 N–H and O–H groups in total. The number of rotatable bonds is 4. The highest BCUT2D eigenvalue weighted by Gasteiger charge is 2.40. The molecule has 1 aliphatic rings. The Labute approximate surface area is 157 Å². The van der Waals surface area contributed by atoms with Gasteiger partial charge in [0, 0.05) is 35.6 Å². The third-order valence-electron chi connectivity index (χ3n) is 5.24. The Morgan fingerprint density at radius 1 is 1.12 bits per heavy atom. The molecule has 0 amide bonds. The summed E-state index contributed by atoms with van der Waals surface area (Å²) in [5.41, 5.74) is 3.16. The van der Waals surface area contributed by atoms with Gasteiger partial charge in [0.15, 0.2) is 0 Å². The zero-order chi connectivity index (χ0) is 18.1. The van der Waals surface area contributed by atoms with Gasteiger partial charge in [-0.1, -0.05) is 35.9 Å². The lowest BCUT2D eigenvalue weighted by molar-refractivity contribution is 0.0641. The van der Waals surface area contributed by atoms with Crippen LogP contribution in [0.2, 0.25) is 5.02 Å². The summed E-state index contributed by atoms with van der Waals surface area (Å²) >= 11 is 5.98. The average molecular weight is 369 g/mol. The van der Waals surface area contributed by atoms with Gasteiger partial charge in [-0.2, -0.15) is 0 Å². The predicted octanol–water partition coefficient (Wildman–Crippen LogP) is 3.21. The van der Waals surface area contributed by atoms with Gasteiger partial charge in [0.25, 0.3) is 0 Å². The number of aromatic nitrogens is 1. The van der Waals surface area contributed by atoms with Crippen LogP contribution in [0.4, 0.5) is 0 Å². The van der Waals surface area contributed by atoms with Gasteiger partial charge >= 0.3 is 0 Å². The van der Waals surface area contributed by atoms with E-state index in [0.29, 0.717) is 18.1 Å². The second-order valence-corrected chi connectivity index (χ2v) is 7.29. The van der Waals surface area contributed by atoms with E-state index in [-0.39, 0.29) is 18.6 Å². The SMILES string of the molecule is OC[C@@H]1[C@H](O)[C@@H](c2ccc(Cl)cc2)CN1Cc1ccc2ncccc2c1. The van der Waals surface area contributed by atoms with Gasteiger partial charge in [0.2, 0.25) is 0 Å². The number of benzene rings is 2.